The summed E-state index contributed by atoms with van der Waals surface area (Å²) in [5, 5.41) is 2.67. The highest BCUT2D eigenvalue weighted by Crippen LogP contribution is 2.24. The fourth-order valence-electron chi connectivity index (χ4n) is 3.30. The topological polar surface area (TPSA) is 70.9 Å². The molecule has 2 N–H and O–H groups in total. The van der Waals surface area contributed by atoms with Gasteiger partial charge in [-0.05, 0) is 24.3 Å². The molecular weight excluding hydrogens is 282 g/mol. The van der Waals surface area contributed by atoms with Crippen LogP contribution in [0.25, 0.3) is 0 Å². The molecule has 6 nitrogen and oxygen atoms in total. The Bertz CT molecular complexity index is 606. The second kappa shape index (κ2) is 5.88. The summed E-state index contributed by atoms with van der Waals surface area (Å²) in [6.45, 7) is 3.38. The molecule has 0 saturated carbocycles. The average Bonchev–Trinajstić information content (AvgIpc) is 3.08. The van der Waals surface area contributed by atoms with Crippen molar-refractivity contribution in [1.29, 1.82) is 0 Å². The number of nitrogens with one attached hydrogen (secondary N) is 2. The standard InChI is InChI=1S/C16H19N3O3/c1-11(20)17-12-4-6-13(7-5-12)19-15(21)10-14(16(19)22)18-8-2-3-9-18/h4-7,14H,2-3,8-10H2,1H3,(H,17,20)/p+1/t14-/m1/s1. The molecule has 6 heteroatoms. The Kier molecular flexibility index (Phi) is 3.94. The van der Waals surface area contributed by atoms with Crippen molar-refractivity contribution >= 4 is 29.1 Å². The van der Waals surface area contributed by atoms with Crippen LogP contribution in [0, 0.1) is 0 Å². The summed E-state index contributed by atoms with van der Waals surface area (Å²) in [5.41, 5.74) is 1.22. The van der Waals surface area contributed by atoms with Crippen molar-refractivity contribution in [3.63, 3.8) is 0 Å². The van der Waals surface area contributed by atoms with Gasteiger partial charge in [-0.15, -0.1) is 0 Å². The largest absolute Gasteiger partial charge is 0.326 e. The van der Waals surface area contributed by atoms with E-state index in [0.717, 1.165) is 25.9 Å². The number of hydrogen-bond donors (Lipinski definition) is 2. The predicted octanol–water partition coefficient (Wildman–Crippen LogP) is -0.0444. The van der Waals surface area contributed by atoms with E-state index in [1.165, 1.54) is 16.7 Å². The number of rotatable bonds is 3. The predicted molar refractivity (Wildman–Crippen MR) is 81.6 cm³/mol. The van der Waals surface area contributed by atoms with Crippen molar-refractivity contribution < 1.29 is 19.3 Å². The first kappa shape index (κ1) is 14.7. The van der Waals surface area contributed by atoms with Gasteiger partial charge in [0.2, 0.25) is 11.8 Å². The second-order valence-corrected chi connectivity index (χ2v) is 5.92. The van der Waals surface area contributed by atoms with Gasteiger partial charge in [0.1, 0.15) is 0 Å². The SMILES string of the molecule is CC(=O)Nc1ccc(N2C(=O)C[C@@H]([NH+]3CCCC3)C2=O)cc1. The first-order valence-electron chi connectivity index (χ1n) is 7.65. The quantitative estimate of drug-likeness (QED) is 0.770. The summed E-state index contributed by atoms with van der Waals surface area (Å²) in [4.78, 5) is 38.4. The Hall–Kier alpha value is -2.21. The van der Waals surface area contributed by atoms with Gasteiger partial charge in [0.15, 0.2) is 6.04 Å². The van der Waals surface area contributed by atoms with Crippen LogP contribution >= 0.6 is 0 Å². The van der Waals surface area contributed by atoms with Crippen molar-refractivity contribution in [3.05, 3.63) is 24.3 Å². The van der Waals surface area contributed by atoms with E-state index in [1.807, 2.05) is 0 Å². The third-order valence-corrected chi connectivity index (χ3v) is 4.33. The maximum Gasteiger partial charge on any atom is 0.292 e. The molecule has 1 aromatic carbocycles. The molecule has 2 aliphatic heterocycles. The van der Waals surface area contributed by atoms with Crippen LogP contribution in [0.15, 0.2) is 24.3 Å². The van der Waals surface area contributed by atoms with Gasteiger partial charge in [-0.25, -0.2) is 4.90 Å². The summed E-state index contributed by atoms with van der Waals surface area (Å²) in [6.07, 6.45) is 2.54. The van der Waals surface area contributed by atoms with Crippen LogP contribution in [0.3, 0.4) is 0 Å². The maximum absolute atomic E-state index is 12.6. The van der Waals surface area contributed by atoms with Crippen molar-refractivity contribution in [2.75, 3.05) is 23.3 Å². The van der Waals surface area contributed by atoms with E-state index in [-0.39, 0.29) is 23.8 Å². The highest BCUT2D eigenvalue weighted by molar-refractivity contribution is 6.21. The molecule has 2 aliphatic rings. The Morgan fingerprint density at radius 1 is 1.18 bits per heavy atom. The monoisotopic (exact) mass is 302 g/mol. The third kappa shape index (κ3) is 2.74. The maximum atomic E-state index is 12.6. The van der Waals surface area contributed by atoms with Crippen LogP contribution in [0.5, 0.6) is 0 Å². The van der Waals surface area contributed by atoms with Crippen molar-refractivity contribution in [2.45, 2.75) is 32.2 Å². The molecule has 0 spiro atoms. The van der Waals surface area contributed by atoms with E-state index in [4.69, 9.17) is 0 Å². The minimum atomic E-state index is -0.231. The summed E-state index contributed by atoms with van der Waals surface area (Å²) in [6, 6.07) is 6.57. The highest BCUT2D eigenvalue weighted by atomic mass is 16.2. The van der Waals surface area contributed by atoms with Gasteiger partial charge in [-0.3, -0.25) is 14.4 Å². The van der Waals surface area contributed by atoms with E-state index in [1.54, 1.807) is 24.3 Å². The molecule has 0 unspecified atom stereocenters. The molecule has 0 aliphatic carbocycles. The van der Waals surface area contributed by atoms with Crippen molar-refractivity contribution in [1.82, 2.24) is 0 Å². The molecule has 2 fully saturated rings. The number of amides is 3. The van der Waals surface area contributed by atoms with Gasteiger partial charge in [0, 0.05) is 25.5 Å². The minimum absolute atomic E-state index is 0.103. The van der Waals surface area contributed by atoms with E-state index < -0.39 is 0 Å². The Morgan fingerprint density at radius 2 is 1.82 bits per heavy atom. The fraction of sp³-hybridized carbons (Fsp3) is 0.438. The van der Waals surface area contributed by atoms with Crippen LogP contribution in [-0.2, 0) is 14.4 Å². The highest BCUT2D eigenvalue weighted by Gasteiger charge is 2.46. The molecule has 0 bridgehead atoms. The van der Waals surface area contributed by atoms with Crippen LogP contribution in [0.1, 0.15) is 26.2 Å². The van der Waals surface area contributed by atoms with Gasteiger partial charge in [-0.1, -0.05) is 0 Å². The van der Waals surface area contributed by atoms with Crippen LogP contribution < -0.4 is 15.1 Å². The number of likely N-dealkylation sites (tertiary alicyclic amines) is 1. The summed E-state index contributed by atoms with van der Waals surface area (Å²) < 4.78 is 0. The summed E-state index contributed by atoms with van der Waals surface area (Å²) >= 11 is 0. The number of imide groups is 1. The molecule has 116 valence electrons. The molecule has 3 amide bonds. The number of anilines is 2. The van der Waals surface area contributed by atoms with Crippen LogP contribution in [-0.4, -0.2) is 36.9 Å². The normalized spacial score (nSPS) is 22.4. The Labute approximate surface area is 129 Å². The van der Waals surface area contributed by atoms with Crippen molar-refractivity contribution in [3.8, 4) is 0 Å². The van der Waals surface area contributed by atoms with Gasteiger partial charge in [0.05, 0.1) is 25.2 Å². The Balaban J connectivity index is 1.77. The molecule has 1 aromatic rings. The smallest absolute Gasteiger partial charge is 0.292 e. The van der Waals surface area contributed by atoms with E-state index in [0.29, 0.717) is 17.8 Å². The average molecular weight is 302 g/mol. The zero-order valence-electron chi connectivity index (χ0n) is 12.6. The number of benzene rings is 1. The van der Waals surface area contributed by atoms with Crippen LogP contribution in [0.4, 0.5) is 11.4 Å². The zero-order chi connectivity index (χ0) is 15.7. The Morgan fingerprint density at radius 3 is 2.41 bits per heavy atom. The molecule has 22 heavy (non-hydrogen) atoms. The lowest BCUT2D eigenvalue weighted by Crippen LogP contribution is -3.14. The summed E-state index contributed by atoms with van der Waals surface area (Å²) in [5.74, 6) is -0.394. The lowest BCUT2D eigenvalue weighted by Gasteiger charge is -2.19. The van der Waals surface area contributed by atoms with E-state index in [9.17, 15) is 14.4 Å². The fourth-order valence-corrected chi connectivity index (χ4v) is 3.30. The number of carbonyl (C=O) groups excluding carboxylic acids is 3. The van der Waals surface area contributed by atoms with Crippen LogP contribution in [0.2, 0.25) is 0 Å². The second-order valence-electron chi connectivity index (χ2n) is 5.92. The van der Waals surface area contributed by atoms with Gasteiger partial charge < -0.3 is 10.2 Å². The summed E-state index contributed by atoms with van der Waals surface area (Å²) in [7, 11) is 0. The number of carbonyl (C=O) groups is 3. The molecule has 1 atom stereocenters. The van der Waals surface area contributed by atoms with Crippen molar-refractivity contribution in [2.24, 2.45) is 0 Å². The van der Waals surface area contributed by atoms with Gasteiger partial charge in [0.25, 0.3) is 5.91 Å². The number of hydrogen-bond acceptors (Lipinski definition) is 3. The lowest BCUT2D eigenvalue weighted by molar-refractivity contribution is -0.902. The van der Waals surface area contributed by atoms with Gasteiger partial charge >= 0.3 is 0 Å². The molecule has 2 heterocycles. The zero-order valence-corrected chi connectivity index (χ0v) is 12.6. The first-order chi connectivity index (χ1) is 10.6. The first-order valence-corrected chi connectivity index (χ1v) is 7.65. The minimum Gasteiger partial charge on any atom is -0.326 e. The molecule has 2 saturated heterocycles. The van der Waals surface area contributed by atoms with E-state index in [2.05, 4.69) is 5.32 Å². The number of nitrogens with zero attached hydrogens (tertiary/aromatic N) is 1. The number of quaternary nitrogens is 1. The molecule has 0 aromatic heterocycles. The van der Waals surface area contributed by atoms with E-state index >= 15 is 0 Å². The molecule has 0 radical (unpaired) electrons. The third-order valence-electron chi connectivity index (χ3n) is 4.33. The van der Waals surface area contributed by atoms with Gasteiger partial charge in [-0.2, -0.15) is 0 Å². The lowest BCUT2D eigenvalue weighted by atomic mass is 10.2. The molecule has 3 rings (SSSR count). The molecular formula is C16H20N3O3+.